The number of halogens is 4. The summed E-state index contributed by atoms with van der Waals surface area (Å²) in [4.78, 5) is 15.8. The van der Waals surface area contributed by atoms with E-state index >= 15 is 0 Å². The van der Waals surface area contributed by atoms with Crippen LogP contribution in [0.1, 0.15) is 15.9 Å². The molecule has 0 unspecified atom stereocenters. The number of carbonyl (C=O) groups excluding carboxylic acids is 1. The van der Waals surface area contributed by atoms with E-state index in [0.29, 0.717) is 26.6 Å². The minimum absolute atomic E-state index is 0.112. The molecule has 0 atom stereocenters. The highest BCUT2D eigenvalue weighted by Crippen LogP contribution is 2.33. The van der Waals surface area contributed by atoms with Gasteiger partial charge in [0.1, 0.15) is 0 Å². The molecule has 2 aromatic carbocycles. The summed E-state index contributed by atoms with van der Waals surface area (Å²) in [6.07, 6.45) is 1.66. The van der Waals surface area contributed by atoms with Crippen LogP contribution in [0.5, 0.6) is 0 Å². The van der Waals surface area contributed by atoms with Crippen LogP contribution >= 0.6 is 55.1 Å². The number of hydrogen-bond donors (Lipinski definition) is 1. The van der Waals surface area contributed by atoms with E-state index in [4.69, 9.17) is 23.2 Å². The Hall–Kier alpha value is -0.810. The van der Waals surface area contributed by atoms with Crippen LogP contribution in [0.15, 0.2) is 45.5 Å². The van der Waals surface area contributed by atoms with E-state index in [1.54, 1.807) is 24.4 Å². The van der Waals surface area contributed by atoms with Gasteiger partial charge >= 0.3 is 0 Å². The smallest absolute Gasteiger partial charge is 0.196 e. The van der Waals surface area contributed by atoms with Gasteiger partial charge in [-0.05, 0) is 30.3 Å². The number of fused-ring (bicyclic) bond motifs is 1. The van der Waals surface area contributed by atoms with Gasteiger partial charge in [-0.25, -0.2) is 0 Å². The fourth-order valence-corrected chi connectivity index (χ4v) is 3.56. The predicted molar refractivity (Wildman–Crippen MR) is 93.6 cm³/mol. The second-order valence-corrected chi connectivity index (χ2v) is 7.08. The van der Waals surface area contributed by atoms with Crippen molar-refractivity contribution in [2.24, 2.45) is 0 Å². The zero-order valence-electron chi connectivity index (χ0n) is 10.4. The number of ketones is 1. The predicted octanol–water partition coefficient (Wildman–Crippen LogP) is 6.23. The third kappa shape index (κ3) is 2.78. The van der Waals surface area contributed by atoms with Crippen LogP contribution in [0.4, 0.5) is 0 Å². The van der Waals surface area contributed by atoms with Crippen LogP contribution in [-0.2, 0) is 0 Å². The SMILES string of the molecule is O=C(c1cc(Br)ccc1Br)c1c[nH]c2cc(Cl)cc(Cl)c12. The number of aromatic nitrogens is 1. The Morgan fingerprint density at radius 2 is 1.81 bits per heavy atom. The fraction of sp³-hybridized carbons (Fsp3) is 0. The van der Waals surface area contributed by atoms with Crippen LogP contribution < -0.4 is 0 Å². The number of hydrogen-bond acceptors (Lipinski definition) is 1. The Labute approximate surface area is 147 Å². The molecule has 0 spiro atoms. The van der Waals surface area contributed by atoms with Crippen LogP contribution in [0.25, 0.3) is 10.9 Å². The third-order valence-electron chi connectivity index (χ3n) is 3.11. The van der Waals surface area contributed by atoms with Crippen molar-refractivity contribution in [2.75, 3.05) is 0 Å². The van der Waals surface area contributed by atoms with Gasteiger partial charge in [0.2, 0.25) is 0 Å². The first-order valence-electron chi connectivity index (χ1n) is 5.93. The molecule has 1 N–H and O–H groups in total. The maximum atomic E-state index is 12.8. The van der Waals surface area contributed by atoms with E-state index in [-0.39, 0.29) is 5.78 Å². The van der Waals surface area contributed by atoms with Crippen molar-refractivity contribution in [3.63, 3.8) is 0 Å². The first-order valence-corrected chi connectivity index (χ1v) is 8.27. The van der Waals surface area contributed by atoms with E-state index in [2.05, 4.69) is 36.8 Å². The third-order valence-corrected chi connectivity index (χ3v) is 4.82. The second kappa shape index (κ2) is 5.76. The van der Waals surface area contributed by atoms with Gasteiger partial charge in [0.05, 0.1) is 5.02 Å². The van der Waals surface area contributed by atoms with Crippen LogP contribution in [0.2, 0.25) is 10.0 Å². The minimum atomic E-state index is -0.112. The summed E-state index contributed by atoms with van der Waals surface area (Å²) in [5.41, 5.74) is 1.82. The molecule has 1 aromatic heterocycles. The maximum Gasteiger partial charge on any atom is 0.196 e. The molecule has 21 heavy (non-hydrogen) atoms. The van der Waals surface area contributed by atoms with Gasteiger partial charge in [-0.1, -0.05) is 55.1 Å². The normalized spacial score (nSPS) is 11.0. The van der Waals surface area contributed by atoms with Crippen molar-refractivity contribution in [1.82, 2.24) is 4.98 Å². The van der Waals surface area contributed by atoms with E-state index in [0.717, 1.165) is 14.5 Å². The molecule has 0 radical (unpaired) electrons. The second-order valence-electron chi connectivity index (χ2n) is 4.47. The number of benzene rings is 2. The zero-order chi connectivity index (χ0) is 15.1. The average Bonchev–Trinajstić information content (AvgIpc) is 2.84. The van der Waals surface area contributed by atoms with Gasteiger partial charge in [-0.3, -0.25) is 4.79 Å². The van der Waals surface area contributed by atoms with Crippen LogP contribution in [-0.4, -0.2) is 10.8 Å². The van der Waals surface area contributed by atoms with Gasteiger partial charge in [0.25, 0.3) is 0 Å². The molecule has 106 valence electrons. The van der Waals surface area contributed by atoms with Crippen molar-refractivity contribution >= 4 is 71.7 Å². The molecule has 0 bridgehead atoms. The number of nitrogens with one attached hydrogen (secondary N) is 1. The molecule has 3 aromatic rings. The lowest BCUT2D eigenvalue weighted by Gasteiger charge is -2.05. The molecular weight excluding hydrogens is 441 g/mol. The Kier molecular flexibility index (Phi) is 4.14. The average molecular weight is 448 g/mol. The molecule has 0 aliphatic heterocycles. The highest BCUT2D eigenvalue weighted by molar-refractivity contribution is 9.11. The first-order chi connectivity index (χ1) is 9.97. The van der Waals surface area contributed by atoms with Gasteiger partial charge < -0.3 is 4.98 Å². The van der Waals surface area contributed by atoms with E-state index < -0.39 is 0 Å². The van der Waals surface area contributed by atoms with Crippen molar-refractivity contribution in [3.05, 3.63) is 66.6 Å². The van der Waals surface area contributed by atoms with Gasteiger partial charge in [0, 0.05) is 42.2 Å². The first kappa shape index (κ1) is 15.1. The lowest BCUT2D eigenvalue weighted by Crippen LogP contribution is -2.01. The monoisotopic (exact) mass is 445 g/mol. The number of aromatic amines is 1. The largest absolute Gasteiger partial charge is 0.360 e. The lowest BCUT2D eigenvalue weighted by atomic mass is 10.0. The highest BCUT2D eigenvalue weighted by atomic mass is 79.9. The Bertz CT molecular complexity index is 873. The standard InChI is InChI=1S/C15H7Br2Cl2NO/c16-7-1-2-11(17)9(3-7)15(21)10-6-20-13-5-8(18)4-12(19)14(10)13/h1-6,20H. The van der Waals surface area contributed by atoms with Gasteiger partial charge in [-0.15, -0.1) is 0 Å². The molecule has 6 heteroatoms. The molecule has 0 saturated carbocycles. The zero-order valence-corrected chi connectivity index (χ0v) is 15.1. The van der Waals surface area contributed by atoms with Crippen molar-refractivity contribution in [3.8, 4) is 0 Å². The van der Waals surface area contributed by atoms with Crippen LogP contribution in [0, 0.1) is 0 Å². The molecule has 0 aliphatic rings. The quantitative estimate of drug-likeness (QED) is 0.464. The topological polar surface area (TPSA) is 32.9 Å². The van der Waals surface area contributed by atoms with Crippen molar-refractivity contribution < 1.29 is 4.79 Å². The fourth-order valence-electron chi connectivity index (χ4n) is 2.18. The summed E-state index contributed by atoms with van der Waals surface area (Å²) in [5.74, 6) is -0.112. The van der Waals surface area contributed by atoms with E-state index in [9.17, 15) is 4.79 Å². The molecule has 0 amide bonds. The van der Waals surface area contributed by atoms with E-state index in [1.807, 2.05) is 12.1 Å². The van der Waals surface area contributed by atoms with Crippen molar-refractivity contribution in [1.29, 1.82) is 0 Å². The molecule has 3 rings (SSSR count). The van der Waals surface area contributed by atoms with Gasteiger partial charge in [-0.2, -0.15) is 0 Å². The summed E-state index contributed by atoms with van der Waals surface area (Å²) >= 11 is 19.0. The minimum Gasteiger partial charge on any atom is -0.360 e. The van der Waals surface area contributed by atoms with Crippen molar-refractivity contribution in [2.45, 2.75) is 0 Å². The summed E-state index contributed by atoms with van der Waals surface area (Å²) in [6, 6.07) is 8.84. The molecule has 1 heterocycles. The Balaban J connectivity index is 2.21. The number of rotatable bonds is 2. The summed E-state index contributed by atoms with van der Waals surface area (Å²) in [5, 5.41) is 1.66. The Morgan fingerprint density at radius 3 is 2.57 bits per heavy atom. The molecule has 0 fully saturated rings. The molecular formula is C15H7Br2Cl2NO. The summed E-state index contributed by atoms with van der Waals surface area (Å²) in [6.45, 7) is 0. The molecule has 2 nitrogen and oxygen atoms in total. The van der Waals surface area contributed by atoms with E-state index in [1.165, 1.54) is 0 Å². The molecule has 0 aliphatic carbocycles. The number of carbonyl (C=O) groups is 1. The Morgan fingerprint density at radius 1 is 1.05 bits per heavy atom. The van der Waals surface area contributed by atoms with Crippen LogP contribution in [0.3, 0.4) is 0 Å². The summed E-state index contributed by atoms with van der Waals surface area (Å²) in [7, 11) is 0. The highest BCUT2D eigenvalue weighted by Gasteiger charge is 2.19. The lowest BCUT2D eigenvalue weighted by molar-refractivity contribution is 0.103. The maximum absolute atomic E-state index is 12.8. The van der Waals surface area contributed by atoms with Gasteiger partial charge in [0.15, 0.2) is 5.78 Å². The number of H-pyrrole nitrogens is 1. The summed E-state index contributed by atoms with van der Waals surface area (Å²) < 4.78 is 1.57. The molecule has 0 saturated heterocycles.